The maximum Gasteiger partial charge on any atom is 0.251 e. The predicted molar refractivity (Wildman–Crippen MR) is 101 cm³/mol. The number of benzene rings is 2. The van der Waals surface area contributed by atoms with E-state index in [1.165, 1.54) is 12.6 Å². The van der Waals surface area contributed by atoms with Gasteiger partial charge in [0.2, 0.25) is 0 Å². The highest BCUT2D eigenvalue weighted by molar-refractivity contribution is 7.90. The maximum absolute atomic E-state index is 12.4. The van der Waals surface area contributed by atoms with Crippen LogP contribution in [0.3, 0.4) is 0 Å². The van der Waals surface area contributed by atoms with Crippen LogP contribution in [0.4, 0.5) is 0 Å². The van der Waals surface area contributed by atoms with Gasteiger partial charge in [-0.1, -0.05) is 24.3 Å². The third-order valence-electron chi connectivity index (χ3n) is 4.18. The fourth-order valence-corrected chi connectivity index (χ4v) is 3.26. The summed E-state index contributed by atoms with van der Waals surface area (Å²) in [5.41, 5.74) is 2.40. The first-order valence-corrected chi connectivity index (χ1v) is 10.2. The van der Waals surface area contributed by atoms with Crippen molar-refractivity contribution in [2.24, 2.45) is 0 Å². The Balaban J connectivity index is 1.64. The van der Waals surface area contributed by atoms with E-state index >= 15 is 0 Å². The number of hydrogen-bond acceptors (Lipinski definition) is 5. The second-order valence-electron chi connectivity index (χ2n) is 6.33. The topological polar surface area (TPSA) is 93.9 Å². The monoisotopic (exact) mass is 384 g/mol. The molecule has 0 aliphatic rings. The van der Waals surface area contributed by atoms with E-state index in [4.69, 9.17) is 0 Å². The molecule has 0 spiro atoms. The first-order chi connectivity index (χ1) is 12.8. The molecule has 0 saturated heterocycles. The van der Waals surface area contributed by atoms with Gasteiger partial charge in [0.25, 0.3) is 5.91 Å². The van der Waals surface area contributed by atoms with Crippen LogP contribution >= 0.6 is 0 Å². The SMILES string of the molecule is CC(NC(=O)c1ccc(Cn2cncn2)cc1)c1ccc(S(C)(=O)=O)cc1. The number of nitrogens with zero attached hydrogens (tertiary/aromatic N) is 3. The maximum atomic E-state index is 12.4. The van der Waals surface area contributed by atoms with Gasteiger partial charge in [-0.25, -0.2) is 18.1 Å². The van der Waals surface area contributed by atoms with Crippen LogP contribution in [-0.2, 0) is 16.4 Å². The highest BCUT2D eigenvalue weighted by Crippen LogP contribution is 2.17. The molecule has 140 valence electrons. The number of sulfone groups is 1. The van der Waals surface area contributed by atoms with Crippen LogP contribution in [0.25, 0.3) is 0 Å². The molecule has 1 aromatic heterocycles. The lowest BCUT2D eigenvalue weighted by Crippen LogP contribution is -2.26. The molecule has 0 radical (unpaired) electrons. The molecule has 0 aliphatic carbocycles. The highest BCUT2D eigenvalue weighted by atomic mass is 32.2. The summed E-state index contributed by atoms with van der Waals surface area (Å²) < 4.78 is 24.8. The first-order valence-electron chi connectivity index (χ1n) is 8.35. The molecule has 1 atom stereocenters. The Bertz CT molecular complexity index is 1010. The van der Waals surface area contributed by atoms with Crippen molar-refractivity contribution in [3.8, 4) is 0 Å². The molecular weight excluding hydrogens is 364 g/mol. The lowest BCUT2D eigenvalue weighted by Gasteiger charge is -2.15. The van der Waals surface area contributed by atoms with Gasteiger partial charge in [-0.3, -0.25) is 4.79 Å². The number of nitrogens with one attached hydrogen (secondary N) is 1. The summed E-state index contributed by atoms with van der Waals surface area (Å²) in [6, 6.07) is 13.6. The van der Waals surface area contributed by atoms with Crippen LogP contribution in [-0.4, -0.2) is 35.3 Å². The van der Waals surface area contributed by atoms with Crippen molar-refractivity contribution in [3.05, 3.63) is 77.9 Å². The van der Waals surface area contributed by atoms with Crippen LogP contribution in [0.1, 0.15) is 34.5 Å². The van der Waals surface area contributed by atoms with Crippen LogP contribution in [0, 0.1) is 0 Å². The molecule has 0 fully saturated rings. The molecule has 1 N–H and O–H groups in total. The minimum atomic E-state index is -3.23. The molecule has 27 heavy (non-hydrogen) atoms. The van der Waals surface area contributed by atoms with E-state index in [-0.39, 0.29) is 16.8 Å². The molecule has 1 unspecified atom stereocenters. The van der Waals surface area contributed by atoms with E-state index in [0.29, 0.717) is 12.1 Å². The van der Waals surface area contributed by atoms with Gasteiger partial charge in [-0.15, -0.1) is 0 Å². The molecule has 1 heterocycles. The zero-order valence-electron chi connectivity index (χ0n) is 15.0. The molecule has 0 bridgehead atoms. The van der Waals surface area contributed by atoms with Gasteiger partial charge in [0, 0.05) is 11.8 Å². The Hall–Kier alpha value is -3.00. The van der Waals surface area contributed by atoms with E-state index in [2.05, 4.69) is 15.4 Å². The summed E-state index contributed by atoms with van der Waals surface area (Å²) in [7, 11) is -3.23. The minimum absolute atomic E-state index is 0.193. The summed E-state index contributed by atoms with van der Waals surface area (Å²) in [6.07, 6.45) is 4.28. The summed E-state index contributed by atoms with van der Waals surface area (Å²) in [6.45, 7) is 2.44. The number of hydrogen-bond donors (Lipinski definition) is 1. The van der Waals surface area contributed by atoms with Gasteiger partial charge in [0.05, 0.1) is 17.5 Å². The molecule has 7 nitrogen and oxygen atoms in total. The third-order valence-corrected chi connectivity index (χ3v) is 5.31. The third kappa shape index (κ3) is 4.79. The largest absolute Gasteiger partial charge is 0.346 e. The Labute approximate surface area is 158 Å². The van der Waals surface area contributed by atoms with Gasteiger partial charge < -0.3 is 5.32 Å². The smallest absolute Gasteiger partial charge is 0.251 e. The van der Waals surface area contributed by atoms with Gasteiger partial charge in [-0.05, 0) is 42.3 Å². The number of amides is 1. The van der Waals surface area contributed by atoms with Crippen LogP contribution < -0.4 is 5.32 Å². The van der Waals surface area contributed by atoms with Crippen molar-refractivity contribution in [3.63, 3.8) is 0 Å². The van der Waals surface area contributed by atoms with Crippen LogP contribution in [0.15, 0.2) is 66.1 Å². The average molecular weight is 384 g/mol. The lowest BCUT2D eigenvalue weighted by molar-refractivity contribution is 0.0940. The second-order valence-corrected chi connectivity index (χ2v) is 8.34. The fourth-order valence-electron chi connectivity index (χ4n) is 2.63. The van der Waals surface area contributed by atoms with Gasteiger partial charge in [0.15, 0.2) is 9.84 Å². The van der Waals surface area contributed by atoms with Crippen molar-refractivity contribution in [2.45, 2.75) is 24.4 Å². The number of carbonyl (C=O) groups is 1. The zero-order valence-corrected chi connectivity index (χ0v) is 15.8. The Kier molecular flexibility index (Phi) is 5.36. The first kappa shape index (κ1) is 18.8. The van der Waals surface area contributed by atoms with Crippen molar-refractivity contribution in [1.29, 1.82) is 0 Å². The fraction of sp³-hybridized carbons (Fsp3) is 0.211. The molecule has 3 rings (SSSR count). The van der Waals surface area contributed by atoms with Crippen LogP contribution in [0.5, 0.6) is 0 Å². The summed E-state index contributed by atoms with van der Waals surface area (Å²) >= 11 is 0. The number of carbonyl (C=O) groups excluding carboxylic acids is 1. The molecule has 2 aromatic carbocycles. The summed E-state index contributed by atoms with van der Waals surface area (Å²) in [5.74, 6) is -0.193. The molecular formula is C19H20N4O3S. The van der Waals surface area contributed by atoms with Gasteiger partial charge in [-0.2, -0.15) is 5.10 Å². The van der Waals surface area contributed by atoms with E-state index in [0.717, 1.165) is 11.1 Å². The Morgan fingerprint density at radius 3 is 2.33 bits per heavy atom. The van der Waals surface area contributed by atoms with E-state index in [9.17, 15) is 13.2 Å². The number of rotatable bonds is 6. The standard InChI is InChI=1S/C19H20N4O3S/c1-14(16-7-9-18(10-8-16)27(2,25)26)22-19(24)17-5-3-15(4-6-17)11-23-13-20-12-21-23/h3-10,12-14H,11H2,1-2H3,(H,22,24). The summed E-state index contributed by atoms with van der Waals surface area (Å²) in [4.78, 5) is 16.6. The average Bonchev–Trinajstić information content (AvgIpc) is 3.14. The van der Waals surface area contributed by atoms with Crippen molar-refractivity contribution < 1.29 is 13.2 Å². The summed E-state index contributed by atoms with van der Waals surface area (Å²) in [5, 5.41) is 6.97. The predicted octanol–water partition coefficient (Wildman–Crippen LogP) is 2.22. The van der Waals surface area contributed by atoms with E-state index in [1.807, 2.05) is 19.1 Å². The second kappa shape index (κ2) is 7.71. The molecule has 3 aromatic rings. The normalized spacial score (nSPS) is 12.5. The van der Waals surface area contributed by atoms with Crippen LogP contribution in [0.2, 0.25) is 0 Å². The van der Waals surface area contributed by atoms with Gasteiger partial charge in [0.1, 0.15) is 12.7 Å². The van der Waals surface area contributed by atoms with Crippen molar-refractivity contribution >= 4 is 15.7 Å². The Morgan fingerprint density at radius 1 is 1.11 bits per heavy atom. The van der Waals surface area contributed by atoms with Crippen molar-refractivity contribution in [1.82, 2.24) is 20.1 Å². The molecule has 1 amide bonds. The quantitative estimate of drug-likeness (QED) is 0.703. The lowest BCUT2D eigenvalue weighted by atomic mass is 10.1. The highest BCUT2D eigenvalue weighted by Gasteiger charge is 2.13. The Morgan fingerprint density at radius 2 is 1.78 bits per heavy atom. The number of aromatic nitrogens is 3. The minimum Gasteiger partial charge on any atom is -0.346 e. The van der Waals surface area contributed by atoms with E-state index < -0.39 is 9.84 Å². The van der Waals surface area contributed by atoms with E-state index in [1.54, 1.807) is 47.4 Å². The molecule has 0 aliphatic heterocycles. The molecule has 0 saturated carbocycles. The van der Waals surface area contributed by atoms with Gasteiger partial charge >= 0.3 is 0 Å². The zero-order chi connectivity index (χ0) is 19.4. The molecule has 8 heteroatoms. The van der Waals surface area contributed by atoms with Crippen molar-refractivity contribution in [2.75, 3.05) is 6.26 Å².